The van der Waals surface area contributed by atoms with Crippen LogP contribution in [0.3, 0.4) is 0 Å². The van der Waals surface area contributed by atoms with Crippen LogP contribution in [0.1, 0.15) is 46.5 Å². The molecule has 0 aromatic heterocycles. The molecule has 0 saturated heterocycles. The topological polar surface area (TPSA) is 77.0 Å². The fourth-order valence-electron chi connectivity index (χ4n) is 2.56. The average Bonchev–Trinajstić information content (AvgIpc) is 2.37. The molecule has 6 nitrogen and oxygen atoms in total. The molecule has 1 aliphatic carbocycles. The van der Waals surface area contributed by atoms with Crippen molar-refractivity contribution in [1.29, 1.82) is 0 Å². The van der Waals surface area contributed by atoms with Gasteiger partial charge in [0.2, 0.25) is 0 Å². The first-order valence-electron chi connectivity index (χ1n) is 9.26. The maximum atomic E-state index is 12.0. The van der Waals surface area contributed by atoms with Crippen LogP contribution < -0.4 is 5.32 Å². The van der Waals surface area contributed by atoms with Crippen molar-refractivity contribution in [2.24, 2.45) is 0 Å². The molecular weight excluding hydrogens is 338 g/mol. The molecule has 1 rings (SSSR count). The second-order valence-electron chi connectivity index (χ2n) is 9.33. The van der Waals surface area contributed by atoms with Crippen LogP contribution in [0.4, 0.5) is 4.79 Å². The van der Waals surface area contributed by atoms with E-state index in [0.717, 1.165) is 25.3 Å². The Hall–Kier alpha value is -0.633. The smallest absolute Gasteiger partial charge is 0.407 e. The van der Waals surface area contributed by atoms with E-state index in [4.69, 9.17) is 14.2 Å². The normalized spacial score (nSPS) is 18.4. The molecule has 25 heavy (non-hydrogen) atoms. The average molecular weight is 376 g/mol. The van der Waals surface area contributed by atoms with Crippen LogP contribution in [0, 0.1) is 0 Å². The molecule has 0 spiro atoms. The Morgan fingerprint density at radius 3 is 2.36 bits per heavy atom. The van der Waals surface area contributed by atoms with Crippen LogP contribution in [0.25, 0.3) is 0 Å². The van der Waals surface area contributed by atoms with E-state index in [-0.39, 0.29) is 12.8 Å². The van der Waals surface area contributed by atoms with Gasteiger partial charge in [-0.25, -0.2) is 4.79 Å². The van der Waals surface area contributed by atoms with Crippen molar-refractivity contribution in [1.82, 2.24) is 5.32 Å². The van der Waals surface area contributed by atoms with Crippen LogP contribution in [-0.2, 0) is 14.2 Å². The molecule has 1 amide bonds. The molecule has 1 unspecified atom stereocenters. The van der Waals surface area contributed by atoms with Crippen LogP contribution in [0.15, 0.2) is 0 Å². The third-order valence-corrected chi connectivity index (χ3v) is 5.82. The zero-order valence-electron chi connectivity index (χ0n) is 16.8. The number of hydrogen-bond donors (Lipinski definition) is 2. The first kappa shape index (κ1) is 22.4. The molecule has 1 aliphatic rings. The van der Waals surface area contributed by atoms with Crippen molar-refractivity contribution in [3.63, 3.8) is 0 Å². The lowest BCUT2D eigenvalue weighted by Crippen LogP contribution is -2.49. The molecule has 0 heterocycles. The first-order chi connectivity index (χ1) is 11.4. The van der Waals surface area contributed by atoms with Gasteiger partial charge in [0, 0.05) is 14.7 Å². The van der Waals surface area contributed by atoms with E-state index in [9.17, 15) is 9.90 Å². The van der Waals surface area contributed by atoms with Gasteiger partial charge >= 0.3 is 6.09 Å². The summed E-state index contributed by atoms with van der Waals surface area (Å²) in [6.07, 6.45) is 2.55. The first-order valence-corrected chi connectivity index (χ1v) is 13.0. The number of aliphatic hydroxyl groups is 1. The highest BCUT2D eigenvalue weighted by Crippen LogP contribution is 2.35. The maximum Gasteiger partial charge on any atom is 0.407 e. The van der Waals surface area contributed by atoms with Crippen LogP contribution in [0.5, 0.6) is 0 Å². The molecular formula is C18H37NO5Si. The number of amides is 1. The fraction of sp³-hybridized carbons (Fsp3) is 0.944. The Balaban J connectivity index is 2.36. The second kappa shape index (κ2) is 9.35. The van der Waals surface area contributed by atoms with Gasteiger partial charge in [-0.2, -0.15) is 0 Å². The molecule has 1 atom stereocenters. The summed E-state index contributed by atoms with van der Waals surface area (Å²) >= 11 is 0. The number of rotatable bonds is 10. The van der Waals surface area contributed by atoms with Crippen LogP contribution in [-0.4, -0.2) is 56.5 Å². The Morgan fingerprint density at radius 1 is 1.24 bits per heavy atom. The van der Waals surface area contributed by atoms with Crippen molar-refractivity contribution in [3.05, 3.63) is 0 Å². The summed E-state index contributed by atoms with van der Waals surface area (Å²) in [5, 5.41) is 13.2. The number of nitrogens with one attached hydrogen (secondary N) is 1. The zero-order chi connectivity index (χ0) is 19.1. The van der Waals surface area contributed by atoms with Gasteiger partial charge < -0.3 is 24.6 Å². The summed E-state index contributed by atoms with van der Waals surface area (Å²) in [6.45, 7) is 13.6. The number of carbonyl (C=O) groups is 1. The lowest BCUT2D eigenvalue weighted by molar-refractivity contribution is -0.0799. The molecule has 148 valence electrons. The van der Waals surface area contributed by atoms with Gasteiger partial charge in [-0.1, -0.05) is 19.6 Å². The van der Waals surface area contributed by atoms with Crippen molar-refractivity contribution >= 4 is 14.2 Å². The van der Waals surface area contributed by atoms with Gasteiger partial charge in [0.1, 0.15) is 12.4 Å². The number of ether oxygens (including phenoxy) is 3. The van der Waals surface area contributed by atoms with Crippen LogP contribution >= 0.6 is 0 Å². The quantitative estimate of drug-likeness (QED) is 0.347. The standard InChI is InChI=1S/C18H37NO5Si/c1-17(2,3)24-16(20)19-15(12-18(21)8-7-9-18)13-23-14-22-10-11-25(4,5)6/h15,21H,7-14H2,1-6H3,(H,19,20). The van der Waals surface area contributed by atoms with Crippen molar-refractivity contribution in [3.8, 4) is 0 Å². The minimum Gasteiger partial charge on any atom is -0.444 e. The van der Waals surface area contributed by atoms with Gasteiger partial charge in [0.05, 0.1) is 18.2 Å². The molecule has 1 saturated carbocycles. The largest absolute Gasteiger partial charge is 0.444 e. The summed E-state index contributed by atoms with van der Waals surface area (Å²) < 4.78 is 16.4. The van der Waals surface area contributed by atoms with E-state index in [2.05, 4.69) is 25.0 Å². The van der Waals surface area contributed by atoms with Crippen LogP contribution in [0.2, 0.25) is 25.7 Å². The third-order valence-electron chi connectivity index (χ3n) is 4.11. The lowest BCUT2D eigenvalue weighted by Gasteiger charge is -2.39. The highest BCUT2D eigenvalue weighted by atomic mass is 28.3. The third kappa shape index (κ3) is 10.8. The van der Waals surface area contributed by atoms with Crippen molar-refractivity contribution < 1.29 is 24.1 Å². The highest BCUT2D eigenvalue weighted by molar-refractivity contribution is 6.76. The molecule has 0 aromatic rings. The lowest BCUT2D eigenvalue weighted by atomic mass is 9.76. The van der Waals surface area contributed by atoms with E-state index in [1.54, 1.807) is 0 Å². The molecule has 0 bridgehead atoms. The minimum atomic E-state index is -1.10. The Kier molecular flexibility index (Phi) is 8.38. The zero-order valence-corrected chi connectivity index (χ0v) is 17.8. The van der Waals surface area contributed by atoms with Gasteiger partial charge in [-0.05, 0) is 52.5 Å². The Bertz CT molecular complexity index is 413. The highest BCUT2D eigenvalue weighted by Gasteiger charge is 2.37. The van der Waals surface area contributed by atoms with E-state index in [1.807, 2.05) is 20.8 Å². The van der Waals surface area contributed by atoms with E-state index in [0.29, 0.717) is 19.6 Å². The van der Waals surface area contributed by atoms with E-state index >= 15 is 0 Å². The van der Waals surface area contributed by atoms with E-state index in [1.165, 1.54) is 0 Å². The van der Waals surface area contributed by atoms with Crippen molar-refractivity contribution in [2.45, 2.75) is 89.4 Å². The fourth-order valence-corrected chi connectivity index (χ4v) is 3.32. The number of alkyl carbamates (subject to hydrolysis) is 1. The summed E-state index contributed by atoms with van der Waals surface area (Å²) in [6, 6.07) is 0.802. The minimum absolute atomic E-state index is 0.204. The summed E-state index contributed by atoms with van der Waals surface area (Å²) in [7, 11) is -1.10. The molecule has 1 fully saturated rings. The second-order valence-corrected chi connectivity index (χ2v) is 15.0. The molecule has 0 aliphatic heterocycles. The predicted molar refractivity (Wildman–Crippen MR) is 101 cm³/mol. The Morgan fingerprint density at radius 2 is 1.88 bits per heavy atom. The van der Waals surface area contributed by atoms with Gasteiger partial charge in [0.25, 0.3) is 0 Å². The van der Waals surface area contributed by atoms with E-state index < -0.39 is 25.4 Å². The predicted octanol–water partition coefficient (Wildman–Crippen LogP) is 3.51. The van der Waals surface area contributed by atoms with Gasteiger partial charge in [-0.15, -0.1) is 0 Å². The molecule has 7 heteroatoms. The maximum absolute atomic E-state index is 12.0. The van der Waals surface area contributed by atoms with Crippen molar-refractivity contribution in [2.75, 3.05) is 20.0 Å². The SMILES string of the molecule is CC(C)(C)OC(=O)NC(COCOCC[Si](C)(C)C)CC1(O)CCC1. The number of hydrogen-bond acceptors (Lipinski definition) is 5. The van der Waals surface area contributed by atoms with Gasteiger partial charge in [0.15, 0.2) is 0 Å². The molecule has 0 aromatic carbocycles. The molecule has 2 N–H and O–H groups in total. The molecule has 0 radical (unpaired) electrons. The number of carbonyl (C=O) groups excluding carboxylic acids is 1. The summed E-state index contributed by atoms with van der Waals surface area (Å²) in [4.78, 5) is 12.0. The summed E-state index contributed by atoms with van der Waals surface area (Å²) in [5.74, 6) is 0. The monoisotopic (exact) mass is 375 g/mol. The van der Waals surface area contributed by atoms with Gasteiger partial charge in [-0.3, -0.25) is 0 Å². The summed E-state index contributed by atoms with van der Waals surface area (Å²) in [5.41, 5.74) is -1.25. The Labute approximate surface area is 153 Å².